The van der Waals surface area contributed by atoms with Gasteiger partial charge in [-0.3, -0.25) is 9.59 Å². The molecular weight excluding hydrogens is 304 g/mol. The van der Waals surface area contributed by atoms with Crippen molar-refractivity contribution >= 4 is 11.8 Å². The Hall–Kier alpha value is -2.04. The average Bonchev–Trinajstić information content (AvgIpc) is 3.18. The minimum absolute atomic E-state index is 0.0809. The fourth-order valence-corrected chi connectivity index (χ4v) is 4.44. The van der Waals surface area contributed by atoms with Crippen molar-refractivity contribution in [1.29, 1.82) is 0 Å². The Bertz CT molecular complexity index is 667. The topological polar surface area (TPSA) is 60.9 Å². The van der Waals surface area contributed by atoms with Gasteiger partial charge in [0, 0.05) is 32.1 Å². The molecule has 2 aliphatic heterocycles. The minimum atomic E-state index is -0.206. The third kappa shape index (κ3) is 2.76. The second kappa shape index (κ2) is 6.11. The first-order valence-corrected chi connectivity index (χ1v) is 9.01. The number of hydrogen-bond donors (Lipinski definition) is 1. The van der Waals surface area contributed by atoms with Gasteiger partial charge in [0.25, 0.3) is 0 Å². The van der Waals surface area contributed by atoms with Crippen molar-refractivity contribution in [1.82, 2.24) is 9.80 Å². The summed E-state index contributed by atoms with van der Waals surface area (Å²) in [6, 6.07) is 5.62. The number of benzene rings is 1. The summed E-state index contributed by atoms with van der Waals surface area (Å²) < 4.78 is 0. The van der Waals surface area contributed by atoms with Crippen molar-refractivity contribution in [3.8, 4) is 5.75 Å². The molecule has 4 rings (SSSR count). The van der Waals surface area contributed by atoms with Crippen LogP contribution in [0.5, 0.6) is 5.75 Å². The number of rotatable bonds is 2. The zero-order valence-electron chi connectivity index (χ0n) is 13.9. The van der Waals surface area contributed by atoms with E-state index in [4.69, 9.17) is 0 Å². The normalized spacial score (nSPS) is 24.5. The number of nitrogens with zero attached hydrogens (tertiary/aromatic N) is 2. The SMILES string of the molecule is O=C(C1CC(=O)N(C2CCCCC2)C1)N1Cc2ccc(O)cc2C1. The van der Waals surface area contributed by atoms with Crippen LogP contribution in [0.2, 0.25) is 0 Å². The van der Waals surface area contributed by atoms with Crippen molar-refractivity contribution in [2.24, 2.45) is 5.92 Å². The van der Waals surface area contributed by atoms with Crippen molar-refractivity contribution in [3.63, 3.8) is 0 Å². The first-order valence-electron chi connectivity index (χ1n) is 9.01. The van der Waals surface area contributed by atoms with Crippen LogP contribution in [0.4, 0.5) is 0 Å². The third-order valence-corrected chi connectivity index (χ3v) is 5.75. The van der Waals surface area contributed by atoms with E-state index < -0.39 is 0 Å². The largest absolute Gasteiger partial charge is 0.508 e. The molecule has 1 unspecified atom stereocenters. The van der Waals surface area contributed by atoms with Gasteiger partial charge in [-0.15, -0.1) is 0 Å². The third-order valence-electron chi connectivity index (χ3n) is 5.75. The van der Waals surface area contributed by atoms with Crippen LogP contribution in [0.25, 0.3) is 0 Å². The van der Waals surface area contributed by atoms with Gasteiger partial charge >= 0.3 is 0 Å². The van der Waals surface area contributed by atoms with Crippen LogP contribution >= 0.6 is 0 Å². The maximum Gasteiger partial charge on any atom is 0.228 e. The molecule has 1 saturated heterocycles. The summed E-state index contributed by atoms with van der Waals surface area (Å²) in [7, 11) is 0. The number of carbonyl (C=O) groups excluding carboxylic acids is 2. The Balaban J connectivity index is 1.42. The molecule has 0 radical (unpaired) electrons. The van der Waals surface area contributed by atoms with Crippen LogP contribution in [0.15, 0.2) is 18.2 Å². The minimum Gasteiger partial charge on any atom is -0.508 e. The smallest absolute Gasteiger partial charge is 0.228 e. The van der Waals surface area contributed by atoms with Crippen LogP contribution in [0.1, 0.15) is 49.7 Å². The number of fused-ring (bicyclic) bond motifs is 1. The van der Waals surface area contributed by atoms with Crippen molar-refractivity contribution < 1.29 is 14.7 Å². The maximum atomic E-state index is 12.9. The van der Waals surface area contributed by atoms with Gasteiger partial charge in [-0.25, -0.2) is 0 Å². The Morgan fingerprint density at radius 2 is 1.83 bits per heavy atom. The molecule has 5 nitrogen and oxygen atoms in total. The summed E-state index contributed by atoms with van der Waals surface area (Å²) in [5, 5.41) is 9.59. The van der Waals surface area contributed by atoms with Crippen LogP contribution in [0, 0.1) is 5.92 Å². The van der Waals surface area contributed by atoms with E-state index in [2.05, 4.69) is 0 Å². The van der Waals surface area contributed by atoms with E-state index in [0.717, 1.165) is 24.0 Å². The molecular formula is C19H24N2O3. The highest BCUT2D eigenvalue weighted by Crippen LogP contribution is 2.32. The van der Waals surface area contributed by atoms with E-state index in [9.17, 15) is 14.7 Å². The standard InChI is InChI=1S/C19H24N2O3/c22-17-7-6-13-10-20(11-14(13)8-17)19(24)15-9-18(23)21(12-15)16-4-2-1-3-5-16/h6-8,15-16,22H,1-5,9-12H2. The number of carbonyl (C=O) groups is 2. The van der Waals surface area contributed by atoms with Gasteiger partial charge in [0.2, 0.25) is 11.8 Å². The van der Waals surface area contributed by atoms with E-state index in [1.165, 1.54) is 19.3 Å². The maximum absolute atomic E-state index is 12.9. The lowest BCUT2D eigenvalue weighted by Crippen LogP contribution is -2.39. The molecule has 1 aliphatic carbocycles. The van der Waals surface area contributed by atoms with Crippen LogP contribution in [0.3, 0.4) is 0 Å². The second-order valence-electron chi connectivity index (χ2n) is 7.39. The number of aromatic hydroxyl groups is 1. The summed E-state index contributed by atoms with van der Waals surface area (Å²) >= 11 is 0. The Labute approximate surface area is 142 Å². The first kappa shape index (κ1) is 15.5. The van der Waals surface area contributed by atoms with Gasteiger partial charge in [-0.05, 0) is 36.1 Å². The fraction of sp³-hybridized carbons (Fsp3) is 0.579. The van der Waals surface area contributed by atoms with E-state index in [-0.39, 0.29) is 23.5 Å². The molecule has 3 aliphatic rings. The molecule has 0 aromatic heterocycles. The monoisotopic (exact) mass is 328 g/mol. The van der Waals surface area contributed by atoms with Gasteiger partial charge in [-0.1, -0.05) is 25.3 Å². The molecule has 0 bridgehead atoms. The Morgan fingerprint density at radius 3 is 2.62 bits per heavy atom. The van der Waals surface area contributed by atoms with Crippen LogP contribution in [-0.2, 0) is 22.7 Å². The molecule has 0 spiro atoms. The van der Waals surface area contributed by atoms with E-state index in [1.54, 1.807) is 12.1 Å². The molecule has 128 valence electrons. The number of amides is 2. The fourth-order valence-electron chi connectivity index (χ4n) is 4.44. The van der Waals surface area contributed by atoms with E-state index >= 15 is 0 Å². The zero-order chi connectivity index (χ0) is 16.7. The summed E-state index contributed by atoms with van der Waals surface area (Å²) in [5.41, 5.74) is 2.10. The summed E-state index contributed by atoms with van der Waals surface area (Å²) in [6.45, 7) is 1.71. The lowest BCUT2D eigenvalue weighted by atomic mass is 9.94. The van der Waals surface area contributed by atoms with E-state index in [0.29, 0.717) is 32.1 Å². The summed E-state index contributed by atoms with van der Waals surface area (Å²) in [4.78, 5) is 29.0. The molecule has 1 saturated carbocycles. The quantitative estimate of drug-likeness (QED) is 0.907. The second-order valence-corrected chi connectivity index (χ2v) is 7.39. The predicted octanol–water partition coefficient (Wildman–Crippen LogP) is 2.42. The van der Waals surface area contributed by atoms with Gasteiger partial charge in [-0.2, -0.15) is 0 Å². The van der Waals surface area contributed by atoms with Crippen molar-refractivity contribution in [2.45, 2.75) is 57.7 Å². The number of phenols is 1. The first-order chi connectivity index (χ1) is 11.6. The predicted molar refractivity (Wildman–Crippen MR) is 89.1 cm³/mol. The number of likely N-dealkylation sites (tertiary alicyclic amines) is 1. The molecule has 1 aromatic rings. The van der Waals surface area contributed by atoms with Gasteiger partial charge in [0.1, 0.15) is 5.75 Å². The Morgan fingerprint density at radius 1 is 1.08 bits per heavy atom. The summed E-state index contributed by atoms with van der Waals surface area (Å²) in [5.74, 6) is 0.261. The van der Waals surface area contributed by atoms with E-state index in [1.807, 2.05) is 15.9 Å². The molecule has 1 aromatic carbocycles. The molecule has 2 amide bonds. The highest BCUT2D eigenvalue weighted by Gasteiger charge is 2.40. The molecule has 2 heterocycles. The van der Waals surface area contributed by atoms with Gasteiger partial charge in [0.05, 0.1) is 5.92 Å². The Kier molecular flexibility index (Phi) is 3.94. The average molecular weight is 328 g/mol. The van der Waals surface area contributed by atoms with Crippen molar-refractivity contribution in [2.75, 3.05) is 6.54 Å². The molecule has 1 atom stereocenters. The van der Waals surface area contributed by atoms with Gasteiger partial charge < -0.3 is 14.9 Å². The summed E-state index contributed by atoms with van der Waals surface area (Å²) in [6.07, 6.45) is 6.17. The van der Waals surface area contributed by atoms with Crippen molar-refractivity contribution in [3.05, 3.63) is 29.3 Å². The molecule has 5 heteroatoms. The molecule has 2 fully saturated rings. The molecule has 1 N–H and O–H groups in total. The number of hydrogen-bond acceptors (Lipinski definition) is 3. The zero-order valence-corrected chi connectivity index (χ0v) is 13.9. The number of phenolic OH excluding ortho intramolecular Hbond substituents is 1. The highest BCUT2D eigenvalue weighted by molar-refractivity contribution is 5.89. The lowest BCUT2D eigenvalue weighted by Gasteiger charge is -2.31. The van der Waals surface area contributed by atoms with Crippen LogP contribution in [-0.4, -0.2) is 39.3 Å². The molecule has 24 heavy (non-hydrogen) atoms. The highest BCUT2D eigenvalue weighted by atomic mass is 16.3. The van der Waals surface area contributed by atoms with Gasteiger partial charge in [0.15, 0.2) is 0 Å². The van der Waals surface area contributed by atoms with Crippen LogP contribution < -0.4 is 0 Å². The lowest BCUT2D eigenvalue weighted by molar-refractivity contribution is -0.136.